The summed E-state index contributed by atoms with van der Waals surface area (Å²) in [7, 11) is 0. The van der Waals surface area contributed by atoms with Crippen molar-refractivity contribution in [2.75, 3.05) is 11.9 Å². The van der Waals surface area contributed by atoms with E-state index >= 15 is 0 Å². The summed E-state index contributed by atoms with van der Waals surface area (Å²) in [4.78, 5) is 35.8. The number of nitrogens with one attached hydrogen (secondary N) is 1. The molecule has 0 radical (unpaired) electrons. The number of hydrogen-bond acceptors (Lipinski definition) is 6. The van der Waals surface area contributed by atoms with Gasteiger partial charge in [-0.05, 0) is 44.1 Å². The van der Waals surface area contributed by atoms with Crippen LogP contribution in [0, 0.1) is 0 Å². The van der Waals surface area contributed by atoms with Crippen LogP contribution in [0.3, 0.4) is 0 Å². The van der Waals surface area contributed by atoms with Crippen molar-refractivity contribution in [2.45, 2.75) is 51.9 Å². The molecule has 7 heteroatoms. The van der Waals surface area contributed by atoms with Crippen LogP contribution in [0.15, 0.2) is 0 Å². The van der Waals surface area contributed by atoms with Gasteiger partial charge >= 0.3 is 5.97 Å². The maximum atomic E-state index is 12.3. The van der Waals surface area contributed by atoms with E-state index in [4.69, 9.17) is 4.74 Å². The Morgan fingerprint density at radius 2 is 1.96 bits per heavy atom. The highest BCUT2D eigenvalue weighted by molar-refractivity contribution is 7.17. The second kappa shape index (κ2) is 8.10. The molecule has 6 nitrogen and oxygen atoms in total. The average molecular weight is 338 g/mol. The number of carbonyl (C=O) groups is 3. The van der Waals surface area contributed by atoms with Crippen LogP contribution in [0.5, 0.6) is 0 Å². The Hall–Kier alpha value is -1.89. The molecule has 0 saturated carbocycles. The molecule has 1 aliphatic carbocycles. The molecule has 0 bridgehead atoms. The smallest absolute Gasteiger partial charge is 0.341 e. The Kier molecular flexibility index (Phi) is 6.15. The standard InChI is InChI=1S/C16H21NO5S/c1-2-9-22-16(21)14-10-5-3-4-6-11(10)23-15(14)17-12(18)7-8-13(19)20/h2-9H2,1H3,(H,17,18)(H,19,20)/p-1. The molecular weight excluding hydrogens is 318 g/mol. The van der Waals surface area contributed by atoms with Crippen LogP contribution in [0.1, 0.15) is 59.8 Å². The van der Waals surface area contributed by atoms with Gasteiger partial charge in [0.2, 0.25) is 5.91 Å². The summed E-state index contributed by atoms with van der Waals surface area (Å²) in [6.07, 6.45) is 3.98. The molecule has 1 heterocycles. The molecule has 0 atom stereocenters. The first-order valence-electron chi connectivity index (χ1n) is 7.84. The van der Waals surface area contributed by atoms with Crippen molar-refractivity contribution in [1.82, 2.24) is 0 Å². The lowest BCUT2D eigenvalue weighted by atomic mass is 9.95. The van der Waals surface area contributed by atoms with Crippen LogP contribution in [0.2, 0.25) is 0 Å². The van der Waals surface area contributed by atoms with Gasteiger partial charge in [0.1, 0.15) is 5.00 Å². The molecule has 23 heavy (non-hydrogen) atoms. The maximum Gasteiger partial charge on any atom is 0.341 e. The Labute approximate surface area is 138 Å². The molecule has 2 rings (SSSR count). The van der Waals surface area contributed by atoms with E-state index in [1.807, 2.05) is 6.92 Å². The minimum Gasteiger partial charge on any atom is -0.550 e. The Morgan fingerprint density at radius 1 is 1.22 bits per heavy atom. The van der Waals surface area contributed by atoms with E-state index in [0.29, 0.717) is 17.2 Å². The summed E-state index contributed by atoms with van der Waals surface area (Å²) in [6.45, 7) is 2.25. The number of anilines is 1. The van der Waals surface area contributed by atoms with Crippen molar-refractivity contribution in [3.63, 3.8) is 0 Å². The van der Waals surface area contributed by atoms with Gasteiger partial charge in [0.05, 0.1) is 12.2 Å². The molecule has 0 fully saturated rings. The fourth-order valence-corrected chi connectivity index (χ4v) is 3.84. The second-order valence-electron chi connectivity index (χ2n) is 5.47. The van der Waals surface area contributed by atoms with Crippen molar-refractivity contribution in [3.8, 4) is 0 Å². The number of carbonyl (C=O) groups excluding carboxylic acids is 3. The molecule has 1 aromatic rings. The number of rotatable bonds is 7. The quantitative estimate of drug-likeness (QED) is 0.763. The SMILES string of the molecule is CCCOC(=O)c1c(NC(=O)CCC(=O)[O-])sc2c1CCCC2. The third kappa shape index (κ3) is 4.54. The number of ether oxygens (including phenoxy) is 1. The summed E-state index contributed by atoms with van der Waals surface area (Å²) < 4.78 is 5.23. The zero-order chi connectivity index (χ0) is 16.8. The van der Waals surface area contributed by atoms with Crippen LogP contribution < -0.4 is 10.4 Å². The summed E-state index contributed by atoms with van der Waals surface area (Å²) >= 11 is 1.39. The van der Waals surface area contributed by atoms with E-state index in [0.717, 1.165) is 42.5 Å². The largest absolute Gasteiger partial charge is 0.550 e. The van der Waals surface area contributed by atoms with Gasteiger partial charge in [-0.25, -0.2) is 4.79 Å². The zero-order valence-electron chi connectivity index (χ0n) is 13.1. The van der Waals surface area contributed by atoms with E-state index in [-0.39, 0.29) is 12.8 Å². The topological polar surface area (TPSA) is 95.5 Å². The van der Waals surface area contributed by atoms with Crippen LogP contribution in [0.4, 0.5) is 5.00 Å². The second-order valence-corrected chi connectivity index (χ2v) is 6.58. The van der Waals surface area contributed by atoms with E-state index in [9.17, 15) is 19.5 Å². The molecule has 1 aliphatic rings. The Bertz CT molecular complexity index is 608. The number of esters is 1. The fourth-order valence-electron chi connectivity index (χ4n) is 2.54. The van der Waals surface area contributed by atoms with Crippen molar-refractivity contribution in [2.24, 2.45) is 0 Å². The number of carboxylic acids is 1. The van der Waals surface area contributed by atoms with Crippen molar-refractivity contribution in [3.05, 3.63) is 16.0 Å². The first-order chi connectivity index (χ1) is 11.0. The van der Waals surface area contributed by atoms with Crippen molar-refractivity contribution < 1.29 is 24.2 Å². The summed E-state index contributed by atoms with van der Waals surface area (Å²) in [5.74, 6) is -2.12. The normalized spacial score (nSPS) is 13.3. The number of amides is 1. The van der Waals surface area contributed by atoms with Gasteiger partial charge in [0.15, 0.2) is 0 Å². The number of thiophene rings is 1. The lowest BCUT2D eigenvalue weighted by Gasteiger charge is -2.12. The predicted molar refractivity (Wildman–Crippen MR) is 84.4 cm³/mol. The van der Waals surface area contributed by atoms with E-state index in [1.54, 1.807) is 0 Å². The molecule has 0 spiro atoms. The van der Waals surface area contributed by atoms with Crippen LogP contribution in [-0.4, -0.2) is 24.5 Å². The lowest BCUT2D eigenvalue weighted by molar-refractivity contribution is -0.305. The highest BCUT2D eigenvalue weighted by atomic mass is 32.1. The van der Waals surface area contributed by atoms with Crippen molar-refractivity contribution >= 4 is 34.2 Å². The number of hydrogen-bond donors (Lipinski definition) is 1. The summed E-state index contributed by atoms with van der Waals surface area (Å²) in [6, 6.07) is 0. The molecule has 126 valence electrons. The van der Waals surface area contributed by atoms with E-state index in [2.05, 4.69) is 5.32 Å². The number of carboxylic acid groups (broad SMARTS) is 1. The first kappa shape index (κ1) is 17.5. The molecule has 0 unspecified atom stereocenters. The molecule has 1 aromatic heterocycles. The van der Waals surface area contributed by atoms with Crippen LogP contribution in [0.25, 0.3) is 0 Å². The molecule has 0 saturated heterocycles. The summed E-state index contributed by atoms with van der Waals surface area (Å²) in [5.41, 5.74) is 1.41. The van der Waals surface area contributed by atoms with Gasteiger partial charge in [-0.1, -0.05) is 6.92 Å². The van der Waals surface area contributed by atoms with E-state index in [1.165, 1.54) is 11.3 Å². The highest BCUT2D eigenvalue weighted by Crippen LogP contribution is 2.38. The number of fused-ring (bicyclic) bond motifs is 1. The third-order valence-corrected chi connectivity index (χ3v) is 4.83. The third-order valence-electron chi connectivity index (χ3n) is 3.62. The molecule has 0 aromatic carbocycles. The van der Waals surface area contributed by atoms with Gasteiger partial charge in [0.25, 0.3) is 0 Å². The lowest BCUT2D eigenvalue weighted by Crippen LogP contribution is -2.24. The zero-order valence-corrected chi connectivity index (χ0v) is 13.9. The minimum atomic E-state index is -1.27. The monoisotopic (exact) mass is 338 g/mol. The fraction of sp³-hybridized carbons (Fsp3) is 0.562. The molecule has 0 aliphatic heterocycles. The van der Waals surface area contributed by atoms with Gasteiger partial charge < -0.3 is 20.0 Å². The van der Waals surface area contributed by atoms with E-state index < -0.39 is 17.8 Å². The molecular formula is C16H20NO5S-. The minimum absolute atomic E-state index is 0.172. The van der Waals surface area contributed by atoms with Gasteiger partial charge in [-0.3, -0.25) is 4.79 Å². The summed E-state index contributed by atoms with van der Waals surface area (Å²) in [5, 5.41) is 13.6. The van der Waals surface area contributed by atoms with Gasteiger partial charge in [-0.2, -0.15) is 0 Å². The molecule has 1 amide bonds. The first-order valence-corrected chi connectivity index (χ1v) is 8.66. The average Bonchev–Trinajstić information content (AvgIpc) is 2.88. The van der Waals surface area contributed by atoms with Crippen molar-refractivity contribution in [1.29, 1.82) is 0 Å². The predicted octanol–water partition coefficient (Wildman–Crippen LogP) is 1.66. The maximum absolute atomic E-state index is 12.3. The molecule has 1 N–H and O–H groups in total. The highest BCUT2D eigenvalue weighted by Gasteiger charge is 2.27. The number of aryl methyl sites for hydroxylation is 1. The van der Waals surface area contributed by atoms with Gasteiger partial charge in [0, 0.05) is 17.3 Å². The van der Waals surface area contributed by atoms with Gasteiger partial charge in [-0.15, -0.1) is 11.3 Å². The number of aliphatic carboxylic acids is 1. The Balaban J connectivity index is 2.20. The van der Waals surface area contributed by atoms with Crippen LogP contribution in [-0.2, 0) is 27.2 Å². The Morgan fingerprint density at radius 3 is 2.65 bits per heavy atom. The van der Waals surface area contributed by atoms with Crippen LogP contribution >= 0.6 is 11.3 Å².